The van der Waals surface area contributed by atoms with Crippen LogP contribution >= 0.6 is 0 Å². The van der Waals surface area contributed by atoms with E-state index < -0.39 is 0 Å². The summed E-state index contributed by atoms with van der Waals surface area (Å²) in [5, 5.41) is 8.04. The van der Waals surface area contributed by atoms with E-state index >= 15 is 0 Å². The maximum absolute atomic E-state index is 4.49. The summed E-state index contributed by atoms with van der Waals surface area (Å²) in [6.07, 6.45) is 9.00. The molecule has 2 aromatic heterocycles. The van der Waals surface area contributed by atoms with Crippen LogP contribution < -0.4 is 4.90 Å². The summed E-state index contributed by atoms with van der Waals surface area (Å²) >= 11 is 0. The van der Waals surface area contributed by atoms with E-state index in [1.54, 1.807) is 6.33 Å². The van der Waals surface area contributed by atoms with Crippen molar-refractivity contribution in [1.29, 1.82) is 0 Å². The van der Waals surface area contributed by atoms with Crippen LogP contribution in [-0.2, 0) is 0 Å². The highest BCUT2D eigenvalue weighted by atomic mass is 15.3. The summed E-state index contributed by atoms with van der Waals surface area (Å²) in [6.45, 7) is 6.76. The molecule has 0 atom stereocenters. The summed E-state index contributed by atoms with van der Waals surface area (Å²) in [6, 6.07) is 0.803. The maximum Gasteiger partial charge on any atom is 0.160 e. The van der Waals surface area contributed by atoms with Gasteiger partial charge in [-0.15, -0.1) is 0 Å². The molecule has 1 saturated carbocycles. The molecule has 6 nitrogen and oxygen atoms in total. The molecule has 2 fully saturated rings. The van der Waals surface area contributed by atoms with Gasteiger partial charge in [0.2, 0.25) is 0 Å². The Morgan fingerprint density at radius 2 is 1.82 bits per heavy atom. The molecule has 6 heteroatoms. The zero-order valence-electron chi connectivity index (χ0n) is 13.2. The minimum Gasteiger partial charge on any atom is -0.353 e. The van der Waals surface area contributed by atoms with Crippen molar-refractivity contribution in [2.45, 2.75) is 38.6 Å². The SMILES string of the molecule is CC1CCC(N2CCN(c3ncnc4[nH]ncc34)CC2)CC1. The normalized spacial score (nSPS) is 27.4. The molecule has 1 N–H and O–H groups in total. The molecular weight excluding hydrogens is 276 g/mol. The molecule has 1 aliphatic carbocycles. The topological polar surface area (TPSA) is 60.9 Å². The predicted octanol–water partition coefficient (Wildman–Crippen LogP) is 2.05. The maximum atomic E-state index is 4.49. The molecule has 0 radical (unpaired) electrons. The van der Waals surface area contributed by atoms with Gasteiger partial charge in [-0.1, -0.05) is 6.92 Å². The zero-order valence-corrected chi connectivity index (χ0v) is 13.2. The van der Waals surface area contributed by atoms with Gasteiger partial charge >= 0.3 is 0 Å². The van der Waals surface area contributed by atoms with Crippen LogP contribution in [0.4, 0.5) is 5.82 Å². The zero-order chi connectivity index (χ0) is 14.9. The molecule has 0 aromatic carbocycles. The van der Waals surface area contributed by atoms with Crippen molar-refractivity contribution in [2.24, 2.45) is 5.92 Å². The fourth-order valence-electron chi connectivity index (χ4n) is 3.91. The average Bonchev–Trinajstić information content (AvgIpc) is 3.04. The van der Waals surface area contributed by atoms with E-state index in [-0.39, 0.29) is 0 Å². The number of rotatable bonds is 2. The number of hydrogen-bond acceptors (Lipinski definition) is 5. The Kier molecular flexibility index (Phi) is 3.70. The molecule has 1 aliphatic heterocycles. The van der Waals surface area contributed by atoms with E-state index in [1.165, 1.54) is 25.7 Å². The van der Waals surface area contributed by atoms with Crippen molar-refractivity contribution in [3.63, 3.8) is 0 Å². The molecule has 1 saturated heterocycles. The quantitative estimate of drug-likeness (QED) is 0.920. The Balaban J connectivity index is 1.42. The summed E-state index contributed by atoms with van der Waals surface area (Å²) in [4.78, 5) is 13.8. The van der Waals surface area contributed by atoms with Gasteiger partial charge in [-0.05, 0) is 31.6 Å². The van der Waals surface area contributed by atoms with E-state index in [0.717, 1.165) is 55.0 Å². The van der Waals surface area contributed by atoms with Crippen LogP contribution in [0.15, 0.2) is 12.5 Å². The van der Waals surface area contributed by atoms with Crippen LogP contribution in [0.1, 0.15) is 32.6 Å². The smallest absolute Gasteiger partial charge is 0.160 e. The first-order valence-electron chi connectivity index (χ1n) is 8.44. The molecule has 22 heavy (non-hydrogen) atoms. The van der Waals surface area contributed by atoms with Gasteiger partial charge in [-0.3, -0.25) is 10.00 Å². The standard InChI is InChI=1S/C16H24N6/c1-12-2-4-13(5-3-12)21-6-8-22(9-7-21)16-14-10-19-20-15(14)17-11-18-16/h10-13H,2-9H2,1H3,(H,17,18,19,20). The van der Waals surface area contributed by atoms with Crippen molar-refractivity contribution in [3.05, 3.63) is 12.5 Å². The number of nitrogens with one attached hydrogen (secondary N) is 1. The summed E-state index contributed by atoms with van der Waals surface area (Å²) in [5.41, 5.74) is 0.827. The molecular formula is C16H24N6. The molecule has 0 bridgehead atoms. The lowest BCUT2D eigenvalue weighted by atomic mass is 9.86. The second-order valence-electron chi connectivity index (χ2n) is 6.77. The summed E-state index contributed by atoms with van der Waals surface area (Å²) in [7, 11) is 0. The van der Waals surface area contributed by atoms with Gasteiger partial charge in [0, 0.05) is 32.2 Å². The fourth-order valence-corrected chi connectivity index (χ4v) is 3.91. The Labute approximate surface area is 130 Å². The van der Waals surface area contributed by atoms with Crippen LogP contribution in [0.5, 0.6) is 0 Å². The number of aromatic nitrogens is 4. The van der Waals surface area contributed by atoms with Crippen molar-refractivity contribution in [3.8, 4) is 0 Å². The first kappa shape index (κ1) is 13.9. The Morgan fingerprint density at radius 3 is 2.59 bits per heavy atom. The average molecular weight is 300 g/mol. The van der Waals surface area contributed by atoms with Crippen LogP contribution in [0, 0.1) is 5.92 Å². The Hall–Kier alpha value is -1.69. The largest absolute Gasteiger partial charge is 0.353 e. The number of aromatic amines is 1. The van der Waals surface area contributed by atoms with Crippen LogP contribution in [0.25, 0.3) is 11.0 Å². The lowest BCUT2D eigenvalue weighted by Gasteiger charge is -2.42. The first-order valence-corrected chi connectivity index (χ1v) is 8.44. The lowest BCUT2D eigenvalue weighted by molar-refractivity contribution is 0.132. The van der Waals surface area contributed by atoms with E-state index in [0.29, 0.717) is 0 Å². The van der Waals surface area contributed by atoms with Gasteiger partial charge in [0.25, 0.3) is 0 Å². The van der Waals surface area contributed by atoms with Crippen molar-refractivity contribution in [2.75, 3.05) is 31.1 Å². The number of hydrogen-bond donors (Lipinski definition) is 1. The lowest BCUT2D eigenvalue weighted by Crippen LogP contribution is -2.51. The Morgan fingerprint density at radius 1 is 1.05 bits per heavy atom. The molecule has 3 heterocycles. The third-order valence-electron chi connectivity index (χ3n) is 5.34. The van der Waals surface area contributed by atoms with Gasteiger partial charge in [0.15, 0.2) is 5.65 Å². The second-order valence-corrected chi connectivity index (χ2v) is 6.77. The van der Waals surface area contributed by atoms with E-state index in [9.17, 15) is 0 Å². The molecule has 0 unspecified atom stereocenters. The van der Waals surface area contributed by atoms with E-state index in [1.807, 2.05) is 6.20 Å². The molecule has 4 rings (SSSR count). The number of fused-ring (bicyclic) bond motifs is 1. The third-order valence-corrected chi connectivity index (χ3v) is 5.34. The van der Waals surface area contributed by atoms with Gasteiger partial charge in [0.05, 0.1) is 11.6 Å². The van der Waals surface area contributed by atoms with E-state index in [2.05, 4.69) is 36.9 Å². The number of nitrogens with zero attached hydrogens (tertiary/aromatic N) is 5. The second kappa shape index (κ2) is 5.83. The number of anilines is 1. The van der Waals surface area contributed by atoms with Gasteiger partial charge in [-0.2, -0.15) is 5.10 Å². The Bertz CT molecular complexity index is 622. The van der Waals surface area contributed by atoms with Gasteiger partial charge in [0.1, 0.15) is 12.1 Å². The monoisotopic (exact) mass is 300 g/mol. The minimum atomic E-state index is 0.803. The summed E-state index contributed by atoms with van der Waals surface area (Å²) < 4.78 is 0. The highest BCUT2D eigenvalue weighted by molar-refractivity contribution is 5.86. The molecule has 0 spiro atoms. The predicted molar refractivity (Wildman–Crippen MR) is 86.9 cm³/mol. The number of H-pyrrole nitrogens is 1. The van der Waals surface area contributed by atoms with Crippen LogP contribution in [0.3, 0.4) is 0 Å². The number of piperazine rings is 1. The molecule has 118 valence electrons. The highest BCUT2D eigenvalue weighted by Gasteiger charge is 2.27. The molecule has 2 aromatic rings. The summed E-state index contributed by atoms with van der Waals surface area (Å²) in [5.74, 6) is 1.95. The van der Waals surface area contributed by atoms with Crippen molar-refractivity contribution < 1.29 is 0 Å². The van der Waals surface area contributed by atoms with Gasteiger partial charge < -0.3 is 4.90 Å². The molecule has 2 aliphatic rings. The molecule has 0 amide bonds. The van der Waals surface area contributed by atoms with Crippen molar-refractivity contribution >= 4 is 16.9 Å². The first-order chi connectivity index (χ1) is 10.8. The van der Waals surface area contributed by atoms with Crippen LogP contribution in [-0.4, -0.2) is 57.3 Å². The fraction of sp³-hybridized carbons (Fsp3) is 0.688. The van der Waals surface area contributed by atoms with Gasteiger partial charge in [-0.25, -0.2) is 9.97 Å². The third kappa shape index (κ3) is 2.56. The van der Waals surface area contributed by atoms with E-state index in [4.69, 9.17) is 0 Å². The highest BCUT2D eigenvalue weighted by Crippen LogP contribution is 2.29. The van der Waals surface area contributed by atoms with Crippen molar-refractivity contribution in [1.82, 2.24) is 25.1 Å². The minimum absolute atomic E-state index is 0.803. The van der Waals surface area contributed by atoms with Crippen LogP contribution in [0.2, 0.25) is 0 Å².